The third-order valence-electron chi connectivity index (χ3n) is 6.33. The molecule has 37 heavy (non-hydrogen) atoms. The zero-order valence-corrected chi connectivity index (χ0v) is 21.6. The lowest BCUT2D eigenvalue weighted by molar-refractivity contribution is -0.130. The van der Waals surface area contributed by atoms with Gasteiger partial charge >= 0.3 is 0 Å². The van der Waals surface area contributed by atoms with E-state index in [2.05, 4.69) is 14.9 Å². The highest BCUT2D eigenvalue weighted by Gasteiger charge is 2.33. The molecule has 0 spiro atoms. The van der Waals surface area contributed by atoms with Crippen LogP contribution in [0.25, 0.3) is 11.1 Å². The Morgan fingerprint density at radius 1 is 1.11 bits per heavy atom. The minimum Gasteiger partial charge on any atom is -0.496 e. The summed E-state index contributed by atoms with van der Waals surface area (Å²) in [5.41, 5.74) is 5.30. The van der Waals surface area contributed by atoms with Gasteiger partial charge in [0, 0.05) is 19.0 Å². The van der Waals surface area contributed by atoms with Crippen LogP contribution in [-0.2, 0) is 21.2 Å². The largest absolute Gasteiger partial charge is 0.496 e. The summed E-state index contributed by atoms with van der Waals surface area (Å²) in [6.45, 7) is 1.92. The van der Waals surface area contributed by atoms with Crippen molar-refractivity contribution >= 4 is 32.4 Å². The number of carbonyl (C=O) groups excluding carboxylic acids is 1. The number of carbonyl (C=O) groups is 1. The number of anilines is 1. The Morgan fingerprint density at radius 3 is 2.59 bits per heavy atom. The van der Waals surface area contributed by atoms with Crippen LogP contribution in [0.4, 0.5) is 9.52 Å². The molecule has 0 aliphatic carbocycles. The molecule has 1 N–H and O–H groups in total. The summed E-state index contributed by atoms with van der Waals surface area (Å²) in [6, 6.07) is 16.3. The van der Waals surface area contributed by atoms with Crippen LogP contribution in [0.3, 0.4) is 0 Å². The summed E-state index contributed by atoms with van der Waals surface area (Å²) in [7, 11) is -2.31. The summed E-state index contributed by atoms with van der Waals surface area (Å²) in [6.07, 6.45) is 0.497. The molecule has 190 valence electrons. The molecule has 1 aromatic heterocycles. The van der Waals surface area contributed by atoms with E-state index < -0.39 is 16.1 Å². The molecule has 0 radical (unpaired) electrons. The lowest BCUT2D eigenvalue weighted by atomic mass is 9.87. The first kappa shape index (κ1) is 24.8. The van der Waals surface area contributed by atoms with Crippen molar-refractivity contribution in [1.29, 1.82) is 0 Å². The number of fused-ring (bicyclic) bond motifs is 1. The fourth-order valence-electron chi connectivity index (χ4n) is 4.62. The topological polar surface area (TPSA) is 101 Å². The molecule has 3 aromatic carbocycles. The first-order valence-corrected chi connectivity index (χ1v) is 13.8. The Hall–Kier alpha value is -3.83. The monoisotopic (exact) mass is 538 g/mol. The van der Waals surface area contributed by atoms with E-state index in [1.54, 1.807) is 30.2 Å². The van der Waals surface area contributed by atoms with Crippen LogP contribution in [0.5, 0.6) is 5.75 Å². The van der Waals surface area contributed by atoms with Crippen molar-refractivity contribution in [2.24, 2.45) is 0 Å². The number of hydrogen-bond donors (Lipinski definition) is 1. The Morgan fingerprint density at radius 2 is 1.89 bits per heavy atom. The normalized spacial score (nSPS) is 15.2. The van der Waals surface area contributed by atoms with Gasteiger partial charge in [-0.3, -0.25) is 9.52 Å². The molecule has 1 aliphatic heterocycles. The van der Waals surface area contributed by atoms with E-state index in [1.807, 2.05) is 24.3 Å². The van der Waals surface area contributed by atoms with Gasteiger partial charge in [0.1, 0.15) is 17.1 Å². The smallest absolute Gasteiger partial charge is 0.263 e. The van der Waals surface area contributed by atoms with E-state index >= 15 is 0 Å². The summed E-state index contributed by atoms with van der Waals surface area (Å²) < 4.78 is 47.8. The van der Waals surface area contributed by atoms with Gasteiger partial charge in [0.05, 0.1) is 18.0 Å². The molecule has 2 heterocycles. The number of hydrogen-bond acceptors (Lipinski definition) is 7. The quantitative estimate of drug-likeness (QED) is 0.384. The molecule has 1 unspecified atom stereocenters. The Balaban J connectivity index is 1.57. The van der Waals surface area contributed by atoms with Gasteiger partial charge in [-0.15, -0.1) is 10.2 Å². The molecule has 1 aliphatic rings. The zero-order chi connectivity index (χ0) is 26.2. The van der Waals surface area contributed by atoms with E-state index in [9.17, 15) is 17.6 Å². The molecule has 0 saturated carbocycles. The molecule has 5 rings (SSSR count). The maximum Gasteiger partial charge on any atom is 0.263 e. The molecule has 0 saturated heterocycles. The molecule has 1 amide bonds. The number of sulfonamides is 1. The van der Waals surface area contributed by atoms with Crippen molar-refractivity contribution in [1.82, 2.24) is 15.1 Å². The van der Waals surface area contributed by atoms with Crippen molar-refractivity contribution < 1.29 is 22.3 Å². The van der Waals surface area contributed by atoms with Crippen molar-refractivity contribution in [2.45, 2.75) is 24.3 Å². The Kier molecular flexibility index (Phi) is 6.65. The van der Waals surface area contributed by atoms with Crippen LogP contribution in [0, 0.1) is 5.82 Å². The molecule has 4 aromatic rings. The van der Waals surface area contributed by atoms with Crippen LogP contribution in [-0.4, -0.2) is 43.1 Å². The number of aromatic nitrogens is 2. The molecule has 1 atom stereocenters. The minimum atomic E-state index is -3.86. The summed E-state index contributed by atoms with van der Waals surface area (Å²) >= 11 is 1.09. The average Bonchev–Trinajstić information content (AvgIpc) is 3.39. The lowest BCUT2D eigenvalue weighted by Gasteiger charge is -2.38. The second kappa shape index (κ2) is 9.91. The van der Waals surface area contributed by atoms with Gasteiger partial charge in [0.25, 0.3) is 10.0 Å². The van der Waals surface area contributed by atoms with Crippen molar-refractivity contribution in [3.05, 3.63) is 88.7 Å². The van der Waals surface area contributed by atoms with Crippen LogP contribution in [0.15, 0.2) is 71.1 Å². The highest BCUT2D eigenvalue weighted by atomic mass is 32.2. The number of rotatable bonds is 6. The number of benzene rings is 3. The number of nitrogens with zero attached hydrogens (tertiary/aromatic N) is 3. The maximum atomic E-state index is 13.8. The van der Waals surface area contributed by atoms with Crippen LogP contribution < -0.4 is 9.46 Å². The fraction of sp³-hybridized carbons (Fsp3) is 0.192. The van der Waals surface area contributed by atoms with E-state index in [0.29, 0.717) is 24.3 Å². The van der Waals surface area contributed by atoms with Gasteiger partial charge in [-0.2, -0.15) is 0 Å². The Labute approximate surface area is 217 Å². The third kappa shape index (κ3) is 4.92. The highest BCUT2D eigenvalue weighted by Crippen LogP contribution is 2.41. The van der Waals surface area contributed by atoms with Crippen molar-refractivity contribution in [2.75, 3.05) is 18.4 Å². The summed E-state index contributed by atoms with van der Waals surface area (Å²) in [5.74, 6) is 0.0953. The second-order valence-electron chi connectivity index (χ2n) is 8.54. The molecule has 0 fully saturated rings. The number of halogens is 1. The van der Waals surface area contributed by atoms with Crippen molar-refractivity contribution in [3.8, 4) is 16.9 Å². The predicted molar refractivity (Wildman–Crippen MR) is 138 cm³/mol. The van der Waals surface area contributed by atoms with E-state index in [4.69, 9.17) is 4.74 Å². The van der Waals surface area contributed by atoms with E-state index in [1.165, 1.54) is 30.6 Å². The molecule has 0 bridgehead atoms. The fourth-order valence-corrected chi connectivity index (χ4v) is 6.36. The number of nitrogens with one attached hydrogen (secondary N) is 1. The average molecular weight is 539 g/mol. The van der Waals surface area contributed by atoms with Gasteiger partial charge < -0.3 is 9.64 Å². The van der Waals surface area contributed by atoms with Crippen LogP contribution in [0.1, 0.15) is 29.7 Å². The predicted octanol–water partition coefficient (Wildman–Crippen LogP) is 4.65. The first-order valence-electron chi connectivity index (χ1n) is 11.4. The molecular formula is C26H23FN4O4S2. The van der Waals surface area contributed by atoms with Gasteiger partial charge in [0.15, 0.2) is 0 Å². The number of amides is 1. The zero-order valence-electron chi connectivity index (χ0n) is 20.0. The van der Waals surface area contributed by atoms with Gasteiger partial charge in [-0.05, 0) is 59.0 Å². The van der Waals surface area contributed by atoms with Crippen LogP contribution >= 0.6 is 11.3 Å². The van der Waals surface area contributed by atoms with Gasteiger partial charge in [-0.25, -0.2) is 12.8 Å². The highest BCUT2D eigenvalue weighted by molar-refractivity contribution is 7.93. The Bertz CT molecular complexity index is 1580. The molecule has 11 heteroatoms. The SMILES string of the molecule is COc1cc(-c2cccc(F)c2)ccc1C1c2ccc(S(=O)(=O)Nc3nncs3)cc2CCN1C(C)=O. The third-order valence-corrected chi connectivity index (χ3v) is 8.40. The first-order chi connectivity index (χ1) is 17.8. The summed E-state index contributed by atoms with van der Waals surface area (Å²) in [5, 5.41) is 7.59. The second-order valence-corrected chi connectivity index (χ2v) is 11.1. The number of ether oxygens (including phenoxy) is 1. The van der Waals surface area contributed by atoms with Crippen LogP contribution in [0.2, 0.25) is 0 Å². The minimum absolute atomic E-state index is 0.102. The summed E-state index contributed by atoms with van der Waals surface area (Å²) in [4.78, 5) is 14.5. The van der Waals surface area contributed by atoms with E-state index in [-0.39, 0.29) is 21.8 Å². The van der Waals surface area contributed by atoms with Crippen molar-refractivity contribution in [3.63, 3.8) is 0 Å². The van der Waals surface area contributed by atoms with E-state index in [0.717, 1.165) is 33.6 Å². The standard InChI is InChI=1S/C26H23FN4O4S2/c1-16(32)31-11-10-19-13-21(37(33,34)30-26-29-28-15-36-26)7-9-22(19)25(31)23-8-6-18(14-24(23)35-2)17-4-3-5-20(27)12-17/h3-9,12-15,25H,10-11H2,1-2H3,(H,29,30). The van der Waals surface area contributed by atoms with Gasteiger partial charge in [-0.1, -0.05) is 41.7 Å². The molecule has 8 nitrogen and oxygen atoms in total. The van der Waals surface area contributed by atoms with Gasteiger partial charge in [0.2, 0.25) is 11.0 Å². The molecular weight excluding hydrogens is 515 g/mol. The maximum absolute atomic E-state index is 13.8. The number of methoxy groups -OCH3 is 1. The lowest BCUT2D eigenvalue weighted by Crippen LogP contribution is -2.39.